The van der Waals surface area contributed by atoms with Gasteiger partial charge in [-0.25, -0.2) is 9.59 Å². The molecule has 2 heterocycles. The van der Waals surface area contributed by atoms with Crippen molar-refractivity contribution in [1.82, 2.24) is 9.64 Å². The summed E-state index contributed by atoms with van der Waals surface area (Å²) in [4.78, 5) is 26.5. The Morgan fingerprint density at radius 2 is 1.77 bits per heavy atom. The molecule has 0 bridgehead atoms. The van der Waals surface area contributed by atoms with Crippen LogP contribution < -0.4 is 5.63 Å². The Bertz CT molecular complexity index is 539. The average molecular weight is 308 g/mol. The summed E-state index contributed by atoms with van der Waals surface area (Å²) >= 11 is 0. The van der Waals surface area contributed by atoms with E-state index >= 15 is 0 Å². The van der Waals surface area contributed by atoms with Gasteiger partial charge in [-0.05, 0) is 32.1 Å². The lowest BCUT2D eigenvalue weighted by Gasteiger charge is -2.15. The van der Waals surface area contributed by atoms with Crippen molar-refractivity contribution < 1.29 is 9.32 Å². The van der Waals surface area contributed by atoms with Gasteiger partial charge in [0.25, 0.3) is 0 Å². The zero-order valence-corrected chi connectivity index (χ0v) is 13.9. The molecule has 5 nitrogen and oxygen atoms in total. The van der Waals surface area contributed by atoms with E-state index in [4.69, 9.17) is 4.52 Å². The van der Waals surface area contributed by atoms with Crippen LogP contribution in [0.15, 0.2) is 9.32 Å². The standard InChI is InChI=1S/C17H28N2O3/c1-3-5-6-7-11-14-15(10-4-2)19(22-16(14)20)17(21)18-12-8-9-13-18/h3-13H2,1-2H3. The van der Waals surface area contributed by atoms with Crippen LogP contribution in [0.4, 0.5) is 4.79 Å². The SMILES string of the molecule is CCCCCCc1c(CCC)n(C(=O)N2CCCC2)oc1=O. The van der Waals surface area contributed by atoms with E-state index < -0.39 is 0 Å². The summed E-state index contributed by atoms with van der Waals surface area (Å²) in [5.74, 6) is 0. The maximum Gasteiger partial charge on any atom is 0.361 e. The number of hydrogen-bond donors (Lipinski definition) is 0. The second kappa shape index (κ2) is 8.20. The van der Waals surface area contributed by atoms with Crippen molar-refractivity contribution in [3.63, 3.8) is 0 Å². The monoisotopic (exact) mass is 308 g/mol. The highest BCUT2D eigenvalue weighted by molar-refractivity contribution is 5.76. The van der Waals surface area contributed by atoms with Crippen molar-refractivity contribution in [2.45, 2.75) is 71.6 Å². The number of rotatable bonds is 7. The van der Waals surface area contributed by atoms with E-state index in [2.05, 4.69) is 13.8 Å². The molecule has 0 unspecified atom stereocenters. The van der Waals surface area contributed by atoms with E-state index in [0.29, 0.717) is 12.0 Å². The first kappa shape index (κ1) is 16.8. The van der Waals surface area contributed by atoms with E-state index in [1.165, 1.54) is 17.6 Å². The average Bonchev–Trinajstić information content (AvgIpc) is 3.13. The Morgan fingerprint density at radius 3 is 2.41 bits per heavy atom. The smallest absolute Gasteiger partial charge is 0.327 e. The lowest BCUT2D eigenvalue weighted by Crippen LogP contribution is -2.32. The normalized spacial score (nSPS) is 14.7. The quantitative estimate of drug-likeness (QED) is 0.723. The summed E-state index contributed by atoms with van der Waals surface area (Å²) in [5, 5.41) is 0. The van der Waals surface area contributed by atoms with Gasteiger partial charge in [-0.15, -0.1) is 4.74 Å². The van der Waals surface area contributed by atoms with E-state index in [1.54, 1.807) is 4.90 Å². The molecule has 1 aliphatic rings. The summed E-state index contributed by atoms with van der Waals surface area (Å²) in [7, 11) is 0. The molecule has 0 spiro atoms. The van der Waals surface area contributed by atoms with Crippen LogP contribution in [-0.2, 0) is 12.8 Å². The zero-order valence-electron chi connectivity index (χ0n) is 13.9. The lowest BCUT2D eigenvalue weighted by atomic mass is 10.0. The number of aromatic nitrogens is 1. The van der Waals surface area contributed by atoms with Gasteiger partial charge >= 0.3 is 11.7 Å². The molecule has 1 fully saturated rings. The molecule has 124 valence electrons. The Balaban J connectivity index is 2.18. The first-order chi connectivity index (χ1) is 10.7. The molecule has 5 heteroatoms. The molecule has 0 atom stereocenters. The van der Waals surface area contributed by atoms with Crippen molar-refractivity contribution in [2.24, 2.45) is 0 Å². The maximum absolute atomic E-state index is 12.5. The van der Waals surface area contributed by atoms with Gasteiger partial charge in [0.1, 0.15) is 0 Å². The fourth-order valence-electron chi connectivity index (χ4n) is 3.09. The molecule has 1 aromatic heterocycles. The molecule has 1 saturated heterocycles. The van der Waals surface area contributed by atoms with Gasteiger partial charge in [-0.3, -0.25) is 0 Å². The van der Waals surface area contributed by atoms with Crippen LogP contribution in [0.5, 0.6) is 0 Å². The topological polar surface area (TPSA) is 55.5 Å². The number of likely N-dealkylation sites (tertiary alicyclic amines) is 1. The Kier molecular flexibility index (Phi) is 6.28. The highest BCUT2D eigenvalue weighted by Gasteiger charge is 2.26. The third-order valence-electron chi connectivity index (χ3n) is 4.33. The van der Waals surface area contributed by atoms with Crippen LogP contribution in [0.1, 0.15) is 70.1 Å². The van der Waals surface area contributed by atoms with E-state index in [9.17, 15) is 9.59 Å². The van der Waals surface area contributed by atoms with Crippen molar-refractivity contribution in [1.29, 1.82) is 0 Å². The fraction of sp³-hybridized carbons (Fsp3) is 0.765. The van der Waals surface area contributed by atoms with Crippen molar-refractivity contribution in [3.05, 3.63) is 21.7 Å². The predicted molar refractivity (Wildman–Crippen MR) is 86.4 cm³/mol. The van der Waals surface area contributed by atoms with Gasteiger partial charge in [0, 0.05) is 13.1 Å². The van der Waals surface area contributed by atoms with Crippen molar-refractivity contribution in [3.8, 4) is 0 Å². The molecule has 0 aromatic carbocycles. The first-order valence-electron chi connectivity index (χ1n) is 8.72. The minimum atomic E-state index is -0.326. The lowest BCUT2D eigenvalue weighted by molar-refractivity contribution is 0.173. The molecule has 1 aliphatic heterocycles. The minimum absolute atomic E-state index is 0.169. The zero-order chi connectivity index (χ0) is 15.9. The second-order valence-electron chi connectivity index (χ2n) is 6.14. The second-order valence-corrected chi connectivity index (χ2v) is 6.14. The van der Waals surface area contributed by atoms with Gasteiger partial charge < -0.3 is 9.42 Å². The van der Waals surface area contributed by atoms with Crippen LogP contribution in [0, 0.1) is 0 Å². The Labute approximate surface area is 132 Å². The maximum atomic E-state index is 12.5. The molecule has 1 aromatic rings. The molecule has 2 rings (SSSR count). The fourth-order valence-corrected chi connectivity index (χ4v) is 3.09. The highest BCUT2D eigenvalue weighted by atomic mass is 16.5. The number of carbonyl (C=O) groups excluding carboxylic acids is 1. The number of hydrogen-bond acceptors (Lipinski definition) is 3. The molecule has 0 N–H and O–H groups in total. The molecule has 1 amide bonds. The van der Waals surface area contributed by atoms with Gasteiger partial charge in [0.05, 0.1) is 11.3 Å². The number of carbonyl (C=O) groups is 1. The van der Waals surface area contributed by atoms with Gasteiger partial charge in [-0.2, -0.15) is 0 Å². The van der Waals surface area contributed by atoms with Gasteiger partial charge in [0.15, 0.2) is 0 Å². The van der Waals surface area contributed by atoms with Crippen LogP contribution in [0.3, 0.4) is 0 Å². The molecular weight excluding hydrogens is 280 g/mol. The molecule has 0 radical (unpaired) electrons. The van der Waals surface area contributed by atoms with Gasteiger partial charge in [0.2, 0.25) is 0 Å². The van der Waals surface area contributed by atoms with E-state index in [-0.39, 0.29) is 11.7 Å². The minimum Gasteiger partial charge on any atom is -0.327 e. The van der Waals surface area contributed by atoms with Crippen molar-refractivity contribution in [2.75, 3.05) is 13.1 Å². The van der Waals surface area contributed by atoms with Crippen LogP contribution in [0.2, 0.25) is 0 Å². The summed E-state index contributed by atoms with van der Waals surface area (Å²) in [6.07, 6.45) is 8.85. The summed E-state index contributed by atoms with van der Waals surface area (Å²) in [5.41, 5.74) is 1.18. The third-order valence-corrected chi connectivity index (χ3v) is 4.33. The first-order valence-corrected chi connectivity index (χ1v) is 8.72. The summed E-state index contributed by atoms with van der Waals surface area (Å²) < 4.78 is 6.57. The Hall–Kier alpha value is -1.52. The molecular formula is C17H28N2O3. The largest absolute Gasteiger partial charge is 0.361 e. The predicted octanol–water partition coefficient (Wildman–Crippen LogP) is 3.58. The van der Waals surface area contributed by atoms with Crippen LogP contribution >= 0.6 is 0 Å². The van der Waals surface area contributed by atoms with Crippen molar-refractivity contribution >= 4 is 6.03 Å². The number of amides is 1. The number of nitrogens with zero attached hydrogens (tertiary/aromatic N) is 2. The number of unbranched alkanes of at least 4 members (excludes halogenated alkanes) is 3. The van der Waals surface area contributed by atoms with E-state index in [1.807, 2.05) is 0 Å². The van der Waals surface area contributed by atoms with Crippen LogP contribution in [0.25, 0.3) is 0 Å². The highest BCUT2D eigenvalue weighted by Crippen LogP contribution is 2.16. The van der Waals surface area contributed by atoms with Crippen LogP contribution in [-0.4, -0.2) is 28.8 Å². The summed E-state index contributed by atoms with van der Waals surface area (Å²) in [6, 6.07) is -0.169. The molecule has 0 saturated carbocycles. The molecule has 0 aliphatic carbocycles. The third kappa shape index (κ3) is 3.81. The van der Waals surface area contributed by atoms with Gasteiger partial charge in [-0.1, -0.05) is 39.5 Å². The summed E-state index contributed by atoms with van der Waals surface area (Å²) in [6.45, 7) is 5.75. The van der Waals surface area contributed by atoms with E-state index in [0.717, 1.165) is 57.3 Å². The molecule has 22 heavy (non-hydrogen) atoms. The Morgan fingerprint density at radius 1 is 1.05 bits per heavy atom.